The van der Waals surface area contributed by atoms with Crippen LogP contribution in [0.4, 0.5) is 0 Å². The first-order valence-corrected chi connectivity index (χ1v) is 9.56. The number of benzene rings is 2. The van der Waals surface area contributed by atoms with Crippen molar-refractivity contribution in [2.24, 2.45) is 0 Å². The number of hydrogen-bond acceptors (Lipinski definition) is 0. The average Bonchev–Trinajstić information content (AvgIpc) is 3.22. The third-order valence-electron chi connectivity index (χ3n) is 5.14. The fourth-order valence-corrected chi connectivity index (χ4v) is 3.68. The summed E-state index contributed by atoms with van der Waals surface area (Å²) in [6, 6.07) is 25.4. The summed E-state index contributed by atoms with van der Waals surface area (Å²) in [5.41, 5.74) is 9.35. The lowest BCUT2D eigenvalue weighted by Gasteiger charge is -2.09. The van der Waals surface area contributed by atoms with Crippen molar-refractivity contribution in [1.82, 2.24) is 9.13 Å². The lowest BCUT2D eigenvalue weighted by atomic mass is 10.1. The van der Waals surface area contributed by atoms with Crippen LogP contribution in [0.5, 0.6) is 0 Å². The fraction of sp³-hybridized carbons (Fsp3) is 0.154. The van der Waals surface area contributed by atoms with Crippen molar-refractivity contribution in [3.8, 4) is 23.2 Å². The van der Waals surface area contributed by atoms with Gasteiger partial charge in [0.1, 0.15) is 0 Å². The molecule has 0 aliphatic rings. The molecule has 0 unspecified atom stereocenters. The molecule has 138 valence electrons. The Morgan fingerprint density at radius 2 is 0.714 bits per heavy atom. The van der Waals surface area contributed by atoms with E-state index in [2.05, 4.69) is 121 Å². The van der Waals surface area contributed by atoms with Crippen LogP contribution < -0.4 is 0 Å². The van der Waals surface area contributed by atoms with E-state index in [4.69, 9.17) is 0 Å². The Hall–Kier alpha value is -3.44. The molecule has 0 aliphatic heterocycles. The van der Waals surface area contributed by atoms with Crippen LogP contribution in [0.3, 0.4) is 0 Å². The Morgan fingerprint density at radius 3 is 1.00 bits per heavy atom. The van der Waals surface area contributed by atoms with Crippen molar-refractivity contribution in [3.05, 3.63) is 107 Å². The number of rotatable bonds is 2. The van der Waals surface area contributed by atoms with E-state index in [0.717, 1.165) is 11.1 Å². The topological polar surface area (TPSA) is 9.86 Å². The highest BCUT2D eigenvalue weighted by molar-refractivity contribution is 5.49. The maximum absolute atomic E-state index is 3.27. The summed E-state index contributed by atoms with van der Waals surface area (Å²) in [6.07, 6.45) is 0. The first-order valence-electron chi connectivity index (χ1n) is 9.56. The smallest absolute Gasteiger partial charge is 0.0455 e. The van der Waals surface area contributed by atoms with Crippen LogP contribution in [0.2, 0.25) is 0 Å². The van der Waals surface area contributed by atoms with Crippen LogP contribution in [0.25, 0.3) is 11.4 Å². The minimum atomic E-state index is 1.02. The molecule has 2 heteroatoms. The molecule has 0 radical (unpaired) electrons. The van der Waals surface area contributed by atoms with Gasteiger partial charge >= 0.3 is 0 Å². The standard InChI is InChI=1S/C26H24N2/c1-19-5-6-20(2)27(19)25-15-11-23(12-16-25)9-10-24-13-17-26(18-14-24)28-21(3)7-8-22(28)4/h5-8,11-18H,1-4H3. The quantitative estimate of drug-likeness (QED) is 0.392. The highest BCUT2D eigenvalue weighted by Gasteiger charge is 2.04. The van der Waals surface area contributed by atoms with Crippen LogP contribution >= 0.6 is 0 Å². The summed E-state index contributed by atoms with van der Waals surface area (Å²) in [5, 5.41) is 0. The lowest BCUT2D eigenvalue weighted by molar-refractivity contribution is 0.965. The minimum absolute atomic E-state index is 1.02. The molecule has 0 aliphatic carbocycles. The van der Waals surface area contributed by atoms with E-state index in [1.54, 1.807) is 0 Å². The zero-order chi connectivity index (χ0) is 19.7. The molecule has 0 amide bonds. The molecular formula is C26H24N2. The van der Waals surface area contributed by atoms with Gasteiger partial charge in [-0.1, -0.05) is 11.8 Å². The molecule has 0 atom stereocenters. The molecule has 0 saturated carbocycles. The largest absolute Gasteiger partial charge is 0.319 e. The van der Waals surface area contributed by atoms with E-state index in [1.165, 1.54) is 34.2 Å². The summed E-state index contributed by atoms with van der Waals surface area (Å²) < 4.78 is 4.50. The van der Waals surface area contributed by atoms with Gasteiger partial charge in [0.25, 0.3) is 0 Å². The molecular weight excluding hydrogens is 340 g/mol. The first kappa shape index (κ1) is 17.9. The zero-order valence-corrected chi connectivity index (χ0v) is 16.8. The molecule has 28 heavy (non-hydrogen) atoms. The monoisotopic (exact) mass is 364 g/mol. The van der Waals surface area contributed by atoms with Crippen LogP contribution in [0.15, 0.2) is 72.8 Å². The van der Waals surface area contributed by atoms with Gasteiger partial charge in [0.15, 0.2) is 0 Å². The molecule has 0 spiro atoms. The molecule has 2 heterocycles. The average molecular weight is 364 g/mol. The lowest BCUT2D eigenvalue weighted by Crippen LogP contribution is -1.98. The van der Waals surface area contributed by atoms with Crippen LogP contribution in [0.1, 0.15) is 33.9 Å². The third kappa shape index (κ3) is 3.40. The number of aryl methyl sites for hydroxylation is 4. The zero-order valence-electron chi connectivity index (χ0n) is 16.8. The Balaban J connectivity index is 1.54. The van der Waals surface area contributed by atoms with Gasteiger partial charge in [-0.25, -0.2) is 0 Å². The van der Waals surface area contributed by atoms with E-state index in [-0.39, 0.29) is 0 Å². The van der Waals surface area contributed by atoms with Gasteiger partial charge in [-0.05, 0) is 100 Å². The summed E-state index contributed by atoms with van der Waals surface area (Å²) in [4.78, 5) is 0. The highest BCUT2D eigenvalue weighted by Crippen LogP contribution is 2.18. The second kappa shape index (κ2) is 7.29. The van der Waals surface area contributed by atoms with Gasteiger partial charge in [-0.2, -0.15) is 0 Å². The predicted molar refractivity (Wildman–Crippen MR) is 116 cm³/mol. The normalized spacial score (nSPS) is 10.6. The van der Waals surface area contributed by atoms with Crippen LogP contribution in [-0.2, 0) is 0 Å². The molecule has 0 saturated heterocycles. The number of hydrogen-bond donors (Lipinski definition) is 0. The van der Waals surface area contributed by atoms with Crippen molar-refractivity contribution in [2.75, 3.05) is 0 Å². The SMILES string of the molecule is Cc1ccc(C)n1-c1ccc(C#Cc2ccc(-n3c(C)ccc3C)cc2)cc1. The van der Waals surface area contributed by atoms with Crippen LogP contribution in [-0.4, -0.2) is 9.13 Å². The summed E-state index contributed by atoms with van der Waals surface area (Å²) in [6.45, 7) is 8.50. The molecule has 2 aromatic carbocycles. The van der Waals surface area contributed by atoms with Gasteiger partial charge in [0, 0.05) is 45.3 Å². The molecule has 0 bridgehead atoms. The summed E-state index contributed by atoms with van der Waals surface area (Å²) >= 11 is 0. The minimum Gasteiger partial charge on any atom is -0.319 e. The molecule has 4 rings (SSSR count). The highest BCUT2D eigenvalue weighted by atomic mass is 15.0. The van der Waals surface area contributed by atoms with Gasteiger partial charge in [0.2, 0.25) is 0 Å². The first-order chi connectivity index (χ1) is 13.5. The fourth-order valence-electron chi connectivity index (χ4n) is 3.68. The van der Waals surface area contributed by atoms with E-state index in [0.29, 0.717) is 0 Å². The molecule has 0 N–H and O–H groups in total. The van der Waals surface area contributed by atoms with Gasteiger partial charge in [-0.3, -0.25) is 0 Å². The van der Waals surface area contributed by atoms with Gasteiger partial charge < -0.3 is 9.13 Å². The van der Waals surface area contributed by atoms with Crippen molar-refractivity contribution in [1.29, 1.82) is 0 Å². The summed E-state index contributed by atoms with van der Waals surface area (Å²) in [5.74, 6) is 6.55. The Kier molecular flexibility index (Phi) is 4.67. The van der Waals surface area contributed by atoms with E-state index < -0.39 is 0 Å². The molecule has 0 fully saturated rings. The van der Waals surface area contributed by atoms with Gasteiger partial charge in [0.05, 0.1) is 0 Å². The van der Waals surface area contributed by atoms with Crippen molar-refractivity contribution in [3.63, 3.8) is 0 Å². The maximum atomic E-state index is 3.27. The van der Waals surface area contributed by atoms with E-state index in [1.807, 2.05) is 0 Å². The third-order valence-corrected chi connectivity index (χ3v) is 5.14. The van der Waals surface area contributed by atoms with Gasteiger partial charge in [-0.15, -0.1) is 0 Å². The van der Waals surface area contributed by atoms with E-state index >= 15 is 0 Å². The Labute approximate surface area is 167 Å². The van der Waals surface area contributed by atoms with Crippen molar-refractivity contribution in [2.45, 2.75) is 27.7 Å². The predicted octanol–water partition coefficient (Wildman–Crippen LogP) is 5.90. The number of aromatic nitrogens is 2. The Morgan fingerprint density at radius 1 is 0.429 bits per heavy atom. The summed E-state index contributed by atoms with van der Waals surface area (Å²) in [7, 11) is 0. The van der Waals surface area contributed by atoms with Crippen LogP contribution in [0, 0.1) is 39.5 Å². The molecule has 2 aromatic heterocycles. The molecule has 4 aromatic rings. The van der Waals surface area contributed by atoms with E-state index in [9.17, 15) is 0 Å². The van der Waals surface area contributed by atoms with Crippen molar-refractivity contribution < 1.29 is 0 Å². The Bertz CT molecular complexity index is 1040. The molecule has 2 nitrogen and oxygen atoms in total. The number of nitrogens with zero attached hydrogens (tertiary/aromatic N) is 2. The second-order valence-electron chi connectivity index (χ2n) is 7.25. The second-order valence-corrected chi connectivity index (χ2v) is 7.25. The van der Waals surface area contributed by atoms with Crippen molar-refractivity contribution >= 4 is 0 Å². The maximum Gasteiger partial charge on any atom is 0.0455 e.